The van der Waals surface area contributed by atoms with Crippen LogP contribution in [-0.4, -0.2) is 10.2 Å². The van der Waals surface area contributed by atoms with Gasteiger partial charge in [-0.1, -0.05) is 19.9 Å². The van der Waals surface area contributed by atoms with Crippen molar-refractivity contribution in [3.05, 3.63) is 35.7 Å². The second-order valence-corrected chi connectivity index (χ2v) is 3.97. The molecule has 0 fully saturated rings. The van der Waals surface area contributed by atoms with Crippen LogP contribution in [0.5, 0.6) is 0 Å². The molecule has 0 spiro atoms. The zero-order chi connectivity index (χ0) is 10.8. The molecule has 0 N–H and O–H groups in total. The van der Waals surface area contributed by atoms with Crippen LogP contribution in [0.4, 0.5) is 0 Å². The Morgan fingerprint density at radius 3 is 2.60 bits per heavy atom. The summed E-state index contributed by atoms with van der Waals surface area (Å²) in [6.45, 7) is 6.48. The van der Waals surface area contributed by atoms with E-state index in [2.05, 4.69) is 43.1 Å². The minimum Gasteiger partial charge on any atom is -0.423 e. The van der Waals surface area contributed by atoms with E-state index in [0.717, 1.165) is 5.56 Å². The Balaban J connectivity index is 2.42. The Morgan fingerprint density at radius 1 is 1.27 bits per heavy atom. The minimum atomic E-state index is 0.543. The van der Waals surface area contributed by atoms with Crippen LogP contribution in [0.2, 0.25) is 0 Å². The van der Waals surface area contributed by atoms with Crippen molar-refractivity contribution in [2.24, 2.45) is 0 Å². The van der Waals surface area contributed by atoms with Crippen LogP contribution in [0.3, 0.4) is 0 Å². The van der Waals surface area contributed by atoms with Gasteiger partial charge in [0.2, 0.25) is 12.3 Å². The molecule has 78 valence electrons. The summed E-state index contributed by atoms with van der Waals surface area (Å²) >= 11 is 0. The number of nitrogens with zero attached hydrogens (tertiary/aromatic N) is 2. The summed E-state index contributed by atoms with van der Waals surface area (Å²) < 4.78 is 5.15. The first kappa shape index (κ1) is 9.90. The van der Waals surface area contributed by atoms with Crippen LogP contribution in [0, 0.1) is 6.92 Å². The van der Waals surface area contributed by atoms with E-state index in [-0.39, 0.29) is 0 Å². The summed E-state index contributed by atoms with van der Waals surface area (Å²) in [6.07, 6.45) is 1.35. The topological polar surface area (TPSA) is 38.9 Å². The Morgan fingerprint density at radius 2 is 2.07 bits per heavy atom. The number of hydrogen-bond acceptors (Lipinski definition) is 3. The lowest BCUT2D eigenvalue weighted by Crippen LogP contribution is -1.92. The zero-order valence-electron chi connectivity index (χ0n) is 9.19. The molecule has 1 heterocycles. The highest BCUT2D eigenvalue weighted by Gasteiger charge is 2.07. The van der Waals surface area contributed by atoms with Gasteiger partial charge in [-0.15, -0.1) is 10.2 Å². The van der Waals surface area contributed by atoms with Gasteiger partial charge in [0.05, 0.1) is 0 Å². The van der Waals surface area contributed by atoms with Gasteiger partial charge in [-0.3, -0.25) is 0 Å². The molecule has 2 aromatic rings. The van der Waals surface area contributed by atoms with Crippen molar-refractivity contribution in [1.29, 1.82) is 0 Å². The molecule has 0 unspecified atom stereocenters. The second-order valence-electron chi connectivity index (χ2n) is 3.97. The van der Waals surface area contributed by atoms with Gasteiger partial charge in [0.25, 0.3) is 0 Å². The fourth-order valence-electron chi connectivity index (χ4n) is 1.76. The fourth-order valence-corrected chi connectivity index (χ4v) is 1.76. The van der Waals surface area contributed by atoms with E-state index in [0.29, 0.717) is 11.8 Å². The predicted octanol–water partition coefficient (Wildman–Crippen LogP) is 3.17. The smallest absolute Gasteiger partial charge is 0.247 e. The van der Waals surface area contributed by atoms with Crippen LogP contribution < -0.4 is 0 Å². The first-order valence-corrected chi connectivity index (χ1v) is 5.05. The van der Waals surface area contributed by atoms with Crippen LogP contribution in [0.25, 0.3) is 11.5 Å². The lowest BCUT2D eigenvalue weighted by molar-refractivity contribution is 0.568. The van der Waals surface area contributed by atoms with Crippen LogP contribution in [-0.2, 0) is 0 Å². The van der Waals surface area contributed by atoms with Gasteiger partial charge in [0, 0.05) is 5.56 Å². The number of rotatable bonds is 2. The Kier molecular flexibility index (Phi) is 2.54. The van der Waals surface area contributed by atoms with Crippen molar-refractivity contribution in [2.45, 2.75) is 26.7 Å². The van der Waals surface area contributed by atoms with Gasteiger partial charge < -0.3 is 4.42 Å². The molecular formula is C12H14N2O. The summed E-state index contributed by atoms with van der Waals surface area (Å²) in [7, 11) is 0. The number of benzene rings is 1. The molecule has 3 nitrogen and oxygen atoms in total. The second kappa shape index (κ2) is 3.85. The molecule has 0 saturated heterocycles. The molecule has 0 radical (unpaired) electrons. The molecular weight excluding hydrogens is 188 g/mol. The van der Waals surface area contributed by atoms with E-state index in [1.165, 1.54) is 17.5 Å². The fraction of sp³-hybridized carbons (Fsp3) is 0.333. The SMILES string of the molecule is Cc1cc(-c2nnco2)ccc1C(C)C. The van der Waals surface area contributed by atoms with Crippen LogP contribution in [0.15, 0.2) is 29.0 Å². The third-order valence-electron chi connectivity index (χ3n) is 2.50. The van der Waals surface area contributed by atoms with Gasteiger partial charge in [-0.2, -0.15) is 0 Å². The molecule has 15 heavy (non-hydrogen) atoms. The van der Waals surface area contributed by atoms with E-state index in [4.69, 9.17) is 4.42 Å². The van der Waals surface area contributed by atoms with Gasteiger partial charge >= 0.3 is 0 Å². The Hall–Kier alpha value is -1.64. The third kappa shape index (κ3) is 1.91. The van der Waals surface area contributed by atoms with E-state index < -0.39 is 0 Å². The molecule has 0 aliphatic rings. The largest absolute Gasteiger partial charge is 0.423 e. The predicted molar refractivity (Wildman–Crippen MR) is 58.6 cm³/mol. The van der Waals surface area contributed by atoms with Crippen molar-refractivity contribution < 1.29 is 4.42 Å². The molecule has 1 aromatic heterocycles. The first-order valence-electron chi connectivity index (χ1n) is 5.05. The summed E-state index contributed by atoms with van der Waals surface area (Å²) in [5, 5.41) is 7.55. The van der Waals surface area contributed by atoms with Gasteiger partial charge in [0.1, 0.15) is 0 Å². The van der Waals surface area contributed by atoms with Crippen molar-refractivity contribution in [3.8, 4) is 11.5 Å². The number of hydrogen-bond donors (Lipinski definition) is 0. The molecule has 0 amide bonds. The van der Waals surface area contributed by atoms with Crippen LogP contribution in [0.1, 0.15) is 30.9 Å². The average Bonchev–Trinajstić information content (AvgIpc) is 2.69. The maximum atomic E-state index is 5.15. The van der Waals surface area contributed by atoms with E-state index in [1.807, 2.05) is 6.07 Å². The lowest BCUT2D eigenvalue weighted by Gasteiger charge is -2.09. The van der Waals surface area contributed by atoms with Crippen molar-refractivity contribution in [1.82, 2.24) is 10.2 Å². The van der Waals surface area contributed by atoms with Gasteiger partial charge in [-0.25, -0.2) is 0 Å². The molecule has 0 atom stereocenters. The lowest BCUT2D eigenvalue weighted by atomic mass is 9.96. The van der Waals surface area contributed by atoms with Crippen LogP contribution >= 0.6 is 0 Å². The van der Waals surface area contributed by atoms with Gasteiger partial charge in [-0.05, 0) is 36.1 Å². The Bertz CT molecular complexity index is 447. The minimum absolute atomic E-state index is 0.543. The molecule has 1 aromatic carbocycles. The molecule has 0 aliphatic heterocycles. The van der Waals surface area contributed by atoms with E-state index in [1.54, 1.807) is 0 Å². The van der Waals surface area contributed by atoms with Crippen molar-refractivity contribution in [3.63, 3.8) is 0 Å². The number of aromatic nitrogens is 2. The number of aryl methyl sites for hydroxylation is 1. The third-order valence-corrected chi connectivity index (χ3v) is 2.50. The summed E-state index contributed by atoms with van der Waals surface area (Å²) in [6, 6.07) is 6.23. The van der Waals surface area contributed by atoms with Crippen molar-refractivity contribution in [2.75, 3.05) is 0 Å². The highest BCUT2D eigenvalue weighted by molar-refractivity contribution is 5.55. The molecule has 3 heteroatoms. The maximum absolute atomic E-state index is 5.15. The maximum Gasteiger partial charge on any atom is 0.247 e. The zero-order valence-corrected chi connectivity index (χ0v) is 9.19. The summed E-state index contributed by atoms with van der Waals surface area (Å²) in [5.41, 5.74) is 3.60. The average molecular weight is 202 g/mol. The first-order chi connectivity index (χ1) is 7.18. The standard InChI is InChI=1S/C12H14N2O/c1-8(2)11-5-4-10(6-9(11)3)12-14-13-7-15-12/h4-8H,1-3H3. The summed E-state index contributed by atoms with van der Waals surface area (Å²) in [4.78, 5) is 0. The molecule has 0 bridgehead atoms. The van der Waals surface area contributed by atoms with E-state index in [9.17, 15) is 0 Å². The van der Waals surface area contributed by atoms with E-state index >= 15 is 0 Å². The summed E-state index contributed by atoms with van der Waals surface area (Å²) in [5.74, 6) is 1.12. The highest BCUT2D eigenvalue weighted by atomic mass is 16.4. The Labute approximate surface area is 89.2 Å². The van der Waals surface area contributed by atoms with Crippen molar-refractivity contribution >= 4 is 0 Å². The molecule has 0 aliphatic carbocycles. The van der Waals surface area contributed by atoms with Gasteiger partial charge in [0.15, 0.2) is 0 Å². The quantitative estimate of drug-likeness (QED) is 0.750. The highest BCUT2D eigenvalue weighted by Crippen LogP contribution is 2.24. The monoisotopic (exact) mass is 202 g/mol. The molecule has 2 rings (SSSR count). The normalized spacial score (nSPS) is 10.9. The molecule has 0 saturated carbocycles.